The molecule has 0 aromatic heterocycles. The van der Waals surface area contributed by atoms with E-state index in [-0.39, 0.29) is 40.2 Å². The molecular weight excluding hydrogens is 817 g/mol. The van der Waals surface area contributed by atoms with E-state index in [1.807, 2.05) is 0 Å². The van der Waals surface area contributed by atoms with Gasteiger partial charge in [0.15, 0.2) is 0 Å². The number of benzene rings is 4. The van der Waals surface area contributed by atoms with E-state index in [1.165, 1.54) is 40.2 Å². The summed E-state index contributed by atoms with van der Waals surface area (Å²) < 4.78 is 165. The van der Waals surface area contributed by atoms with Crippen molar-refractivity contribution in [2.24, 2.45) is 15.5 Å². The zero-order valence-electron chi connectivity index (χ0n) is 30.1. The van der Waals surface area contributed by atoms with Gasteiger partial charge in [0, 0.05) is 11.1 Å². The molecule has 0 atom stereocenters. The Balaban J connectivity index is 0.000000308. The van der Waals surface area contributed by atoms with Crippen LogP contribution >= 0.6 is 11.6 Å². The fourth-order valence-electron chi connectivity index (χ4n) is 4.30. The van der Waals surface area contributed by atoms with Crippen LogP contribution in [0.4, 0.5) is 57.1 Å². The monoisotopic (exact) mass is 847 g/mol. The van der Waals surface area contributed by atoms with Gasteiger partial charge in [0.05, 0.1) is 44.4 Å². The fourth-order valence-corrected chi connectivity index (χ4v) is 4.53. The lowest BCUT2D eigenvalue weighted by molar-refractivity contribution is -0.143. The average molecular weight is 848 g/mol. The second kappa shape index (κ2) is 20.2. The second-order valence-electron chi connectivity index (χ2n) is 11.4. The first-order chi connectivity index (χ1) is 26.3. The van der Waals surface area contributed by atoms with Crippen molar-refractivity contribution in [2.75, 3.05) is 14.2 Å². The van der Waals surface area contributed by atoms with Crippen LogP contribution < -0.4 is 0 Å². The SMILES string of the molecule is C/C(=N\OCc1ccccc1)c1cc(C(F)(F)F)cc(C(F)(F)F)c1.CO/N=C(\C)c1cc(F)cc(C(F)(F)F)c1.CO/N=C(\C)c1ccc(Cl)c(C(F)(F)F)c1. The largest absolute Gasteiger partial charge is 0.417 e. The molecule has 4 aromatic rings. The van der Waals surface area contributed by atoms with Crippen LogP contribution in [-0.4, -0.2) is 31.4 Å². The van der Waals surface area contributed by atoms with E-state index in [2.05, 4.69) is 25.1 Å². The maximum Gasteiger partial charge on any atom is 0.417 e. The summed E-state index contributed by atoms with van der Waals surface area (Å²) in [7, 11) is 2.58. The standard InChI is InChI=1S/C17H13F6NO.C10H9ClF3NO.C10H9F4NO/c1-11(24-25-10-12-5-3-2-4-6-12)13-7-14(16(18,19)20)9-15(8-13)17(21,22)23;1-6(15-16-2)7-3-4-9(11)8(5-7)10(12,13)14;1-6(15-16-2)7-3-8(10(12,13)14)5-9(11)4-7/h2-9H,10H2,1H3;2*3-5H,1-2H3/b24-11+;2*15-6+. The smallest absolute Gasteiger partial charge is 0.399 e. The molecule has 0 radical (unpaired) electrons. The molecular formula is C37H31ClF13N3O3. The van der Waals surface area contributed by atoms with Crippen molar-refractivity contribution in [1.82, 2.24) is 0 Å². The molecule has 20 heteroatoms. The van der Waals surface area contributed by atoms with E-state index in [0.29, 0.717) is 29.5 Å². The van der Waals surface area contributed by atoms with Gasteiger partial charge in [-0.1, -0.05) is 63.5 Å². The summed E-state index contributed by atoms with van der Waals surface area (Å²) in [5, 5.41) is 10.3. The maximum absolute atomic E-state index is 13.0. The molecule has 0 aliphatic rings. The lowest BCUT2D eigenvalue weighted by Crippen LogP contribution is -2.13. The van der Waals surface area contributed by atoms with Crippen molar-refractivity contribution in [1.29, 1.82) is 0 Å². The van der Waals surface area contributed by atoms with Crippen molar-refractivity contribution in [2.45, 2.75) is 52.1 Å². The number of nitrogens with zero attached hydrogens (tertiary/aromatic N) is 3. The Kier molecular flexibility index (Phi) is 16.9. The number of oxime groups is 3. The van der Waals surface area contributed by atoms with Crippen molar-refractivity contribution in [3.8, 4) is 0 Å². The summed E-state index contributed by atoms with van der Waals surface area (Å²) in [5.41, 5.74) is -3.47. The molecule has 0 aliphatic heterocycles. The Morgan fingerprint density at radius 2 is 0.965 bits per heavy atom. The van der Waals surface area contributed by atoms with Crippen molar-refractivity contribution >= 4 is 28.7 Å². The van der Waals surface area contributed by atoms with Gasteiger partial charge in [-0.15, -0.1) is 0 Å². The van der Waals surface area contributed by atoms with Gasteiger partial charge in [-0.3, -0.25) is 0 Å². The van der Waals surface area contributed by atoms with Crippen LogP contribution in [0, 0.1) is 5.82 Å². The number of alkyl halides is 12. The Morgan fingerprint density at radius 1 is 0.526 bits per heavy atom. The predicted octanol–water partition coefficient (Wildman–Crippen LogP) is 12.6. The lowest BCUT2D eigenvalue weighted by Gasteiger charge is -2.14. The third-order valence-corrected chi connectivity index (χ3v) is 7.40. The molecule has 0 heterocycles. The molecule has 310 valence electrons. The third kappa shape index (κ3) is 15.6. The summed E-state index contributed by atoms with van der Waals surface area (Å²) in [6, 6.07) is 15.9. The Labute approximate surface area is 322 Å². The highest BCUT2D eigenvalue weighted by atomic mass is 35.5. The van der Waals surface area contributed by atoms with Gasteiger partial charge >= 0.3 is 24.7 Å². The van der Waals surface area contributed by atoms with Crippen LogP contribution in [0.2, 0.25) is 5.02 Å². The molecule has 0 saturated carbocycles. The van der Waals surface area contributed by atoms with Gasteiger partial charge in [0.1, 0.15) is 26.6 Å². The first-order valence-electron chi connectivity index (χ1n) is 15.7. The van der Waals surface area contributed by atoms with Crippen LogP contribution in [0.1, 0.15) is 65.3 Å². The molecule has 0 fully saturated rings. The fraction of sp³-hybridized carbons (Fsp3) is 0.270. The van der Waals surface area contributed by atoms with Crippen LogP contribution in [0.25, 0.3) is 0 Å². The third-order valence-electron chi connectivity index (χ3n) is 7.07. The molecule has 0 saturated heterocycles. The van der Waals surface area contributed by atoms with Crippen molar-refractivity contribution in [3.05, 3.63) is 140 Å². The van der Waals surface area contributed by atoms with Crippen LogP contribution in [0.5, 0.6) is 0 Å². The predicted molar refractivity (Wildman–Crippen MR) is 186 cm³/mol. The van der Waals surface area contributed by atoms with Crippen LogP contribution in [0.3, 0.4) is 0 Å². The van der Waals surface area contributed by atoms with E-state index in [1.54, 1.807) is 37.3 Å². The molecule has 0 N–H and O–H groups in total. The molecule has 0 aliphatic carbocycles. The second-order valence-corrected chi connectivity index (χ2v) is 11.8. The van der Waals surface area contributed by atoms with E-state index in [9.17, 15) is 57.1 Å². The molecule has 6 nitrogen and oxygen atoms in total. The highest BCUT2D eigenvalue weighted by Gasteiger charge is 2.37. The van der Waals surface area contributed by atoms with Crippen LogP contribution in [0.15, 0.2) is 100 Å². The number of hydrogen-bond acceptors (Lipinski definition) is 6. The first-order valence-corrected chi connectivity index (χ1v) is 16.1. The van der Waals surface area contributed by atoms with Gasteiger partial charge in [-0.2, -0.15) is 52.7 Å². The molecule has 57 heavy (non-hydrogen) atoms. The van der Waals surface area contributed by atoms with E-state index >= 15 is 0 Å². The summed E-state index contributed by atoms with van der Waals surface area (Å²) in [4.78, 5) is 13.9. The zero-order chi connectivity index (χ0) is 43.4. The quantitative estimate of drug-likeness (QED) is 0.101. The minimum absolute atomic E-state index is 0.0363. The van der Waals surface area contributed by atoms with Crippen molar-refractivity contribution < 1.29 is 71.6 Å². The summed E-state index contributed by atoms with van der Waals surface area (Å²) >= 11 is 5.47. The lowest BCUT2D eigenvalue weighted by atomic mass is 10.0. The molecule has 0 unspecified atom stereocenters. The Bertz CT molecular complexity index is 1990. The Morgan fingerprint density at radius 3 is 1.42 bits per heavy atom. The molecule has 0 spiro atoms. The molecule has 4 rings (SSSR count). The van der Waals surface area contributed by atoms with Gasteiger partial charge in [0.25, 0.3) is 0 Å². The summed E-state index contributed by atoms with van der Waals surface area (Å²) in [5.74, 6) is -0.963. The summed E-state index contributed by atoms with van der Waals surface area (Å²) in [6.07, 6.45) is -18.9. The highest BCUT2D eigenvalue weighted by Crippen LogP contribution is 2.37. The number of hydrogen-bond donors (Lipinski definition) is 0. The zero-order valence-corrected chi connectivity index (χ0v) is 30.9. The minimum Gasteiger partial charge on any atom is -0.399 e. The maximum atomic E-state index is 13.0. The minimum atomic E-state index is -4.90. The number of rotatable bonds is 8. The van der Waals surface area contributed by atoms with Gasteiger partial charge in [0.2, 0.25) is 0 Å². The van der Waals surface area contributed by atoms with Gasteiger partial charge < -0.3 is 14.5 Å². The molecule has 0 amide bonds. The summed E-state index contributed by atoms with van der Waals surface area (Å²) in [6.45, 7) is 4.30. The van der Waals surface area contributed by atoms with E-state index in [0.717, 1.165) is 23.8 Å². The average Bonchev–Trinajstić information content (AvgIpc) is 3.11. The normalized spacial score (nSPS) is 12.9. The van der Waals surface area contributed by atoms with E-state index in [4.69, 9.17) is 16.4 Å². The topological polar surface area (TPSA) is 64.8 Å². The van der Waals surface area contributed by atoms with Gasteiger partial charge in [-0.25, -0.2) is 4.39 Å². The number of halogens is 14. The highest BCUT2D eigenvalue weighted by molar-refractivity contribution is 6.31. The van der Waals surface area contributed by atoms with Gasteiger partial charge in [-0.05, 0) is 80.4 Å². The van der Waals surface area contributed by atoms with Crippen molar-refractivity contribution in [3.63, 3.8) is 0 Å². The first kappa shape index (κ1) is 47.8. The van der Waals surface area contributed by atoms with E-state index < -0.39 is 52.8 Å². The Hall–Kier alpha value is -5.33. The molecule has 4 aromatic carbocycles. The molecule has 0 bridgehead atoms. The van der Waals surface area contributed by atoms with Crippen LogP contribution in [-0.2, 0) is 45.8 Å².